The van der Waals surface area contributed by atoms with Crippen LogP contribution in [0.25, 0.3) is 21.9 Å². The molecular weight excluding hydrogens is 406 g/mol. The number of ether oxygens (including phenoxy) is 1. The minimum Gasteiger partial charge on any atom is -0.443 e. The molecule has 4 aromatic heterocycles. The zero-order chi connectivity index (χ0) is 21.1. The average Bonchev–Trinajstić information content (AvgIpc) is 3.50. The first kappa shape index (κ1) is 20.3. The Hall–Kier alpha value is -2.98. The number of imidazole rings is 1. The first-order chi connectivity index (χ1) is 14.6. The van der Waals surface area contributed by atoms with Crippen LogP contribution < -0.4 is 11.2 Å². The lowest BCUT2D eigenvalue weighted by Gasteiger charge is -2.11. The first-order valence-corrected chi connectivity index (χ1v) is 10.7. The molecule has 0 aliphatic rings. The molecule has 30 heavy (non-hydrogen) atoms. The van der Waals surface area contributed by atoms with Gasteiger partial charge in [0.05, 0.1) is 30.1 Å². The Labute approximate surface area is 176 Å². The average molecular weight is 430 g/mol. The van der Waals surface area contributed by atoms with E-state index in [-0.39, 0.29) is 6.54 Å². The summed E-state index contributed by atoms with van der Waals surface area (Å²) in [5, 5.41) is 1.94. The highest BCUT2D eigenvalue weighted by molar-refractivity contribution is 7.13. The van der Waals surface area contributed by atoms with Crippen LogP contribution in [0.15, 0.2) is 44.1 Å². The van der Waals surface area contributed by atoms with Gasteiger partial charge in [-0.05, 0) is 17.9 Å². The van der Waals surface area contributed by atoms with E-state index >= 15 is 0 Å². The summed E-state index contributed by atoms with van der Waals surface area (Å²) in [7, 11) is 1.60. The molecule has 0 amide bonds. The summed E-state index contributed by atoms with van der Waals surface area (Å²) in [6.07, 6.45) is 4.81. The molecule has 10 heteroatoms. The fraction of sp³-hybridized carbons (Fsp3) is 0.400. The molecule has 4 heterocycles. The van der Waals surface area contributed by atoms with Crippen molar-refractivity contribution in [3.05, 3.63) is 56.6 Å². The summed E-state index contributed by atoms with van der Waals surface area (Å²) in [5.74, 6) is 0.477. The van der Waals surface area contributed by atoms with Crippen molar-refractivity contribution in [2.75, 3.05) is 13.7 Å². The van der Waals surface area contributed by atoms with Crippen molar-refractivity contribution >= 4 is 22.5 Å². The Morgan fingerprint density at radius 2 is 2.10 bits per heavy atom. The highest BCUT2D eigenvalue weighted by Crippen LogP contribution is 2.23. The molecule has 0 spiro atoms. The molecule has 9 nitrogen and oxygen atoms in total. The van der Waals surface area contributed by atoms with Gasteiger partial charge < -0.3 is 13.7 Å². The third kappa shape index (κ3) is 3.75. The van der Waals surface area contributed by atoms with Crippen molar-refractivity contribution in [1.82, 2.24) is 23.7 Å². The van der Waals surface area contributed by atoms with Gasteiger partial charge in [-0.25, -0.2) is 14.8 Å². The number of aromatic nitrogens is 5. The van der Waals surface area contributed by atoms with Crippen LogP contribution in [0, 0.1) is 0 Å². The smallest absolute Gasteiger partial charge is 0.333 e. The van der Waals surface area contributed by atoms with Gasteiger partial charge in [0.25, 0.3) is 5.56 Å². The van der Waals surface area contributed by atoms with Gasteiger partial charge in [-0.2, -0.15) is 0 Å². The number of aryl methyl sites for hydroxylation is 1. The normalized spacial score (nSPS) is 11.5. The lowest BCUT2D eigenvalue weighted by Crippen LogP contribution is -2.41. The van der Waals surface area contributed by atoms with Crippen molar-refractivity contribution in [3.63, 3.8) is 0 Å². The predicted molar refractivity (Wildman–Crippen MR) is 114 cm³/mol. The van der Waals surface area contributed by atoms with E-state index in [0.717, 1.165) is 17.7 Å². The van der Waals surface area contributed by atoms with E-state index in [9.17, 15) is 9.59 Å². The van der Waals surface area contributed by atoms with Crippen LogP contribution in [0.3, 0.4) is 0 Å². The highest BCUT2D eigenvalue weighted by Gasteiger charge is 2.19. The van der Waals surface area contributed by atoms with Crippen LogP contribution in [-0.2, 0) is 24.4 Å². The van der Waals surface area contributed by atoms with Crippen molar-refractivity contribution in [1.29, 1.82) is 0 Å². The molecule has 0 unspecified atom stereocenters. The van der Waals surface area contributed by atoms with Crippen LogP contribution in [0.5, 0.6) is 0 Å². The molecule has 0 N–H and O–H groups in total. The Morgan fingerprint density at radius 3 is 2.83 bits per heavy atom. The SMILES string of the molecule is CCCCn1c(=O)n(Cc2coc(-c3cccs3)n2)c(=O)c2c1ncn2CCOC. The van der Waals surface area contributed by atoms with Crippen LogP contribution >= 0.6 is 11.3 Å². The van der Waals surface area contributed by atoms with Gasteiger partial charge in [-0.15, -0.1) is 11.3 Å². The zero-order valence-corrected chi connectivity index (χ0v) is 17.7. The fourth-order valence-electron chi connectivity index (χ4n) is 3.31. The maximum absolute atomic E-state index is 13.3. The summed E-state index contributed by atoms with van der Waals surface area (Å²) in [6, 6.07) is 3.82. The van der Waals surface area contributed by atoms with Crippen LogP contribution in [0.2, 0.25) is 0 Å². The Balaban J connectivity index is 1.80. The minimum absolute atomic E-state index is 0.0318. The van der Waals surface area contributed by atoms with E-state index in [1.807, 2.05) is 17.5 Å². The number of oxazole rings is 1. The van der Waals surface area contributed by atoms with Crippen molar-refractivity contribution in [2.24, 2.45) is 0 Å². The van der Waals surface area contributed by atoms with Gasteiger partial charge in [-0.3, -0.25) is 13.9 Å². The molecule has 0 bridgehead atoms. The summed E-state index contributed by atoms with van der Waals surface area (Å²) >= 11 is 1.51. The maximum atomic E-state index is 13.3. The number of methoxy groups -OCH3 is 1. The van der Waals surface area contributed by atoms with Gasteiger partial charge in [0.1, 0.15) is 6.26 Å². The number of rotatable bonds is 9. The van der Waals surface area contributed by atoms with Crippen LogP contribution in [0.1, 0.15) is 25.5 Å². The molecule has 0 radical (unpaired) electrons. The number of hydrogen-bond acceptors (Lipinski definition) is 7. The molecule has 0 aliphatic heterocycles. The van der Waals surface area contributed by atoms with Gasteiger partial charge >= 0.3 is 5.69 Å². The number of thiophene rings is 1. The van der Waals surface area contributed by atoms with Crippen LogP contribution in [-0.4, -0.2) is 37.4 Å². The quantitative estimate of drug-likeness (QED) is 0.406. The number of fused-ring (bicyclic) bond motifs is 1. The third-order valence-electron chi connectivity index (χ3n) is 4.86. The fourth-order valence-corrected chi connectivity index (χ4v) is 3.97. The van der Waals surface area contributed by atoms with E-state index in [2.05, 4.69) is 16.9 Å². The molecule has 158 valence electrons. The Kier molecular flexibility index (Phi) is 5.96. The predicted octanol–water partition coefficient (Wildman–Crippen LogP) is 2.57. The molecule has 0 aliphatic carbocycles. The largest absolute Gasteiger partial charge is 0.443 e. The summed E-state index contributed by atoms with van der Waals surface area (Å²) in [4.78, 5) is 36.1. The minimum atomic E-state index is -0.392. The second kappa shape index (κ2) is 8.80. The van der Waals surface area contributed by atoms with Crippen molar-refractivity contribution in [2.45, 2.75) is 39.4 Å². The van der Waals surface area contributed by atoms with Gasteiger partial charge in [0.2, 0.25) is 5.89 Å². The van der Waals surface area contributed by atoms with E-state index in [1.54, 1.807) is 22.6 Å². The van der Waals surface area contributed by atoms with Crippen molar-refractivity contribution < 1.29 is 9.15 Å². The standard InChI is InChI=1S/C20H23N5O4S/c1-3-4-7-24-17-16(23(13-21-17)8-9-28-2)19(26)25(20(24)27)11-14-12-29-18(22-14)15-6-5-10-30-15/h5-6,10,12-13H,3-4,7-9,11H2,1-2H3. The second-order valence-corrected chi connectivity index (χ2v) is 7.85. The molecule has 0 aromatic carbocycles. The van der Waals surface area contributed by atoms with Crippen molar-refractivity contribution in [3.8, 4) is 10.8 Å². The zero-order valence-electron chi connectivity index (χ0n) is 16.9. The number of hydrogen-bond donors (Lipinski definition) is 0. The summed E-state index contributed by atoms with van der Waals surface area (Å²) < 4.78 is 15.2. The molecule has 0 saturated heterocycles. The number of unbranched alkanes of at least 4 members (excludes halogenated alkanes) is 1. The van der Waals surface area contributed by atoms with Gasteiger partial charge in [-0.1, -0.05) is 19.4 Å². The first-order valence-electron chi connectivity index (χ1n) is 9.79. The summed E-state index contributed by atoms with van der Waals surface area (Å²) in [6.45, 7) is 3.49. The molecule has 4 aromatic rings. The molecular formula is C20H23N5O4S. The topological polar surface area (TPSA) is 97.1 Å². The van der Waals surface area contributed by atoms with E-state index < -0.39 is 11.2 Å². The van der Waals surface area contributed by atoms with Crippen LogP contribution in [0.4, 0.5) is 0 Å². The molecule has 0 atom stereocenters. The summed E-state index contributed by atoms with van der Waals surface area (Å²) in [5.41, 5.74) is 0.535. The van der Waals surface area contributed by atoms with Gasteiger partial charge in [0, 0.05) is 20.2 Å². The third-order valence-corrected chi connectivity index (χ3v) is 5.72. The monoisotopic (exact) mass is 429 g/mol. The lowest BCUT2D eigenvalue weighted by atomic mass is 10.3. The molecule has 0 fully saturated rings. The maximum Gasteiger partial charge on any atom is 0.333 e. The van der Waals surface area contributed by atoms with Gasteiger partial charge in [0.15, 0.2) is 11.2 Å². The molecule has 4 rings (SSSR count). The van der Waals surface area contributed by atoms with E-state index in [4.69, 9.17) is 9.15 Å². The van der Waals surface area contributed by atoms with E-state index in [1.165, 1.54) is 22.2 Å². The molecule has 0 saturated carbocycles. The van der Waals surface area contributed by atoms with E-state index in [0.29, 0.717) is 42.4 Å². The lowest BCUT2D eigenvalue weighted by molar-refractivity contribution is 0.188. The highest BCUT2D eigenvalue weighted by atomic mass is 32.1. The number of nitrogens with zero attached hydrogens (tertiary/aromatic N) is 5. The Morgan fingerprint density at radius 1 is 1.23 bits per heavy atom. The second-order valence-electron chi connectivity index (χ2n) is 6.90. The Bertz CT molecular complexity index is 1250.